The van der Waals surface area contributed by atoms with Gasteiger partial charge in [0.05, 0.1) is 23.5 Å². The van der Waals surface area contributed by atoms with Crippen molar-refractivity contribution in [3.8, 4) is 5.75 Å². The van der Waals surface area contributed by atoms with Gasteiger partial charge in [-0.1, -0.05) is 12.1 Å². The number of anilines is 1. The molecule has 7 N–H and O–H groups in total. The molecule has 3 aromatic rings. The minimum atomic E-state index is 0. The van der Waals surface area contributed by atoms with Gasteiger partial charge in [0.25, 0.3) is 0 Å². The second-order valence-electron chi connectivity index (χ2n) is 7.99. The summed E-state index contributed by atoms with van der Waals surface area (Å²) in [5.74, 6) is 2.09. The maximum Gasteiger partial charge on any atom is 0.204 e. The Morgan fingerprint density at radius 2 is 1.75 bits per heavy atom. The van der Waals surface area contributed by atoms with Crippen LogP contribution in [0, 0.1) is 6.92 Å². The summed E-state index contributed by atoms with van der Waals surface area (Å²) in [7, 11) is 0. The van der Waals surface area contributed by atoms with Crippen LogP contribution in [0.4, 0.5) is 5.95 Å². The summed E-state index contributed by atoms with van der Waals surface area (Å²) in [6, 6.07) is 12.6. The van der Waals surface area contributed by atoms with E-state index in [4.69, 9.17) is 32.0 Å². The largest absolute Gasteiger partial charge is 0.490 e. The first-order chi connectivity index (χ1) is 15.2. The van der Waals surface area contributed by atoms with Crippen molar-refractivity contribution in [1.82, 2.24) is 19.4 Å². The number of piperidine rings is 1. The van der Waals surface area contributed by atoms with E-state index in [1.54, 1.807) is 0 Å². The van der Waals surface area contributed by atoms with Crippen molar-refractivity contribution in [3.05, 3.63) is 47.8 Å². The van der Waals surface area contributed by atoms with Gasteiger partial charge in [-0.2, -0.15) is 0 Å². The molecule has 0 amide bonds. The molecule has 4 rings (SSSR count). The maximum absolute atomic E-state index is 5.86. The number of para-hydroxylation sites is 2. The molecule has 13 heteroatoms. The minimum Gasteiger partial charge on any atom is -0.490 e. The predicted molar refractivity (Wildman–Crippen MR) is 155 cm³/mol. The number of alkyl halides is 1. The maximum atomic E-state index is 5.86. The highest BCUT2D eigenvalue weighted by molar-refractivity contribution is 6.18. The zero-order chi connectivity index (χ0) is 21.6. The Kier molecular flexibility index (Phi) is 18.1. The molecule has 0 unspecified atom stereocenters. The molecule has 206 valence electrons. The van der Waals surface area contributed by atoms with E-state index >= 15 is 0 Å². The van der Waals surface area contributed by atoms with Crippen molar-refractivity contribution in [3.63, 3.8) is 0 Å². The molecule has 0 bridgehead atoms. The fourth-order valence-electron chi connectivity index (χ4n) is 4.15. The predicted octanol–water partition coefficient (Wildman–Crippen LogP) is 2.86. The number of aryl methyl sites for hydroxylation is 1. The molecule has 1 saturated heterocycles. The second kappa shape index (κ2) is 17.8. The Morgan fingerprint density at radius 1 is 1.06 bits per heavy atom. The number of aromatic nitrogens is 3. The fraction of sp³-hybridized carbons (Fsp3) is 0.478. The average molecular weight is 588 g/mol. The molecule has 2 aromatic heterocycles. The number of fused-ring (bicyclic) bond motifs is 1. The van der Waals surface area contributed by atoms with Gasteiger partial charge in [-0.25, -0.2) is 4.98 Å². The van der Waals surface area contributed by atoms with Crippen molar-refractivity contribution in [2.75, 3.05) is 44.0 Å². The van der Waals surface area contributed by atoms with Crippen LogP contribution < -0.4 is 15.8 Å². The highest BCUT2D eigenvalue weighted by Gasteiger charge is 2.21. The number of imidazole rings is 1. The summed E-state index contributed by atoms with van der Waals surface area (Å²) in [6.07, 6.45) is 2.16. The number of rotatable bonds is 9. The van der Waals surface area contributed by atoms with E-state index in [1.165, 1.54) is 0 Å². The van der Waals surface area contributed by atoms with E-state index in [2.05, 4.69) is 26.9 Å². The van der Waals surface area contributed by atoms with Crippen LogP contribution in [0.1, 0.15) is 24.2 Å². The zero-order valence-electron chi connectivity index (χ0n) is 20.3. The Labute approximate surface area is 236 Å². The molecule has 1 fully saturated rings. The highest BCUT2D eigenvalue weighted by Crippen LogP contribution is 2.26. The molecule has 0 saturated carbocycles. The van der Waals surface area contributed by atoms with Gasteiger partial charge in [0.1, 0.15) is 18.1 Å². The van der Waals surface area contributed by atoms with Gasteiger partial charge in [0, 0.05) is 37.9 Å². The van der Waals surface area contributed by atoms with Gasteiger partial charge in [-0.05, 0) is 44.0 Å². The van der Waals surface area contributed by atoms with Crippen molar-refractivity contribution in [2.45, 2.75) is 32.4 Å². The lowest BCUT2D eigenvalue weighted by atomic mass is 10.1. The third-order valence-corrected chi connectivity index (χ3v) is 5.89. The number of nitrogens with one attached hydrogen (secondary N) is 1. The van der Waals surface area contributed by atoms with Crippen LogP contribution in [0.3, 0.4) is 0 Å². The minimum absolute atomic E-state index is 0. The van der Waals surface area contributed by atoms with Gasteiger partial charge in [0.2, 0.25) is 5.95 Å². The molecule has 0 aliphatic carbocycles. The number of halogens is 4. The zero-order valence-corrected chi connectivity index (χ0v) is 23.5. The van der Waals surface area contributed by atoms with Crippen LogP contribution in [0.25, 0.3) is 11.0 Å². The van der Waals surface area contributed by atoms with Crippen molar-refractivity contribution in [2.24, 2.45) is 5.73 Å². The van der Waals surface area contributed by atoms with Gasteiger partial charge < -0.3 is 36.2 Å². The van der Waals surface area contributed by atoms with Crippen molar-refractivity contribution >= 4 is 65.8 Å². The lowest BCUT2D eigenvalue weighted by molar-refractivity contribution is 0.224. The molecule has 9 nitrogen and oxygen atoms in total. The summed E-state index contributed by atoms with van der Waals surface area (Å²) in [5, 5.41) is 3.70. The van der Waals surface area contributed by atoms with E-state index in [1.807, 2.05) is 31.2 Å². The van der Waals surface area contributed by atoms with E-state index in [0.717, 1.165) is 66.6 Å². The SMILES string of the molecule is Cc1ccc(OCCCl)c(Cn2c(NC3CCN(CCN)CC3)nc3ccccc32)n1.Cl.Cl.Cl.O.O. The number of nitrogens with two attached hydrogens (primary N) is 1. The van der Waals surface area contributed by atoms with Gasteiger partial charge in [-0.3, -0.25) is 4.98 Å². The summed E-state index contributed by atoms with van der Waals surface area (Å²) in [5.41, 5.74) is 9.61. The lowest BCUT2D eigenvalue weighted by Gasteiger charge is -2.32. The molecule has 1 aliphatic heterocycles. The Morgan fingerprint density at radius 3 is 2.42 bits per heavy atom. The van der Waals surface area contributed by atoms with Crippen LogP contribution in [-0.2, 0) is 6.54 Å². The molecule has 1 aromatic carbocycles. The summed E-state index contributed by atoms with van der Waals surface area (Å²) < 4.78 is 8.07. The van der Waals surface area contributed by atoms with E-state index in [0.29, 0.717) is 31.6 Å². The lowest BCUT2D eigenvalue weighted by Crippen LogP contribution is -2.41. The van der Waals surface area contributed by atoms with Crippen LogP contribution in [-0.4, -0.2) is 75.1 Å². The first kappa shape index (κ1) is 36.6. The van der Waals surface area contributed by atoms with Crippen molar-refractivity contribution in [1.29, 1.82) is 0 Å². The number of likely N-dealkylation sites (tertiary alicyclic amines) is 1. The van der Waals surface area contributed by atoms with Crippen LogP contribution in [0.2, 0.25) is 0 Å². The number of pyridine rings is 1. The summed E-state index contributed by atoms with van der Waals surface area (Å²) in [6.45, 7) is 6.83. The van der Waals surface area contributed by atoms with Crippen LogP contribution in [0.15, 0.2) is 36.4 Å². The number of nitrogens with zero attached hydrogens (tertiary/aromatic N) is 4. The first-order valence-electron chi connectivity index (χ1n) is 11.0. The number of benzene rings is 1. The first-order valence-corrected chi connectivity index (χ1v) is 11.5. The molecule has 1 aliphatic rings. The molecule has 3 heterocycles. The highest BCUT2D eigenvalue weighted by atomic mass is 35.5. The summed E-state index contributed by atoms with van der Waals surface area (Å²) >= 11 is 5.84. The Bertz CT molecular complexity index is 1020. The average Bonchev–Trinajstić information content (AvgIpc) is 3.12. The molecular weight excluding hydrogens is 550 g/mol. The number of ether oxygens (including phenoxy) is 1. The summed E-state index contributed by atoms with van der Waals surface area (Å²) in [4.78, 5) is 12.1. The standard InChI is InChI=1S/C23H31ClN6O.3ClH.2H2O/c1-17-6-7-22(31-15-10-24)20(26-17)16-30-21-5-3-2-4-19(21)28-23(30)27-18-8-12-29(13-9-18)14-11-25;;;;;/h2-7,18H,8-16,25H2,1H3,(H,27,28);3*1H;2*1H2. The van der Waals surface area contributed by atoms with Crippen LogP contribution >= 0.6 is 48.8 Å². The fourth-order valence-corrected chi connectivity index (χ4v) is 4.23. The van der Waals surface area contributed by atoms with E-state index in [9.17, 15) is 0 Å². The molecule has 0 spiro atoms. The molecular formula is C23H38Cl4N6O3. The second-order valence-corrected chi connectivity index (χ2v) is 8.37. The Balaban J connectivity index is 0. The third kappa shape index (κ3) is 9.08. The van der Waals surface area contributed by atoms with E-state index < -0.39 is 0 Å². The van der Waals surface area contributed by atoms with Gasteiger partial charge in [-0.15, -0.1) is 48.8 Å². The topological polar surface area (TPSA) is 144 Å². The normalized spacial score (nSPS) is 13.3. The monoisotopic (exact) mass is 586 g/mol. The number of hydrogen-bond donors (Lipinski definition) is 2. The van der Waals surface area contributed by atoms with Crippen molar-refractivity contribution < 1.29 is 15.7 Å². The van der Waals surface area contributed by atoms with Crippen LogP contribution in [0.5, 0.6) is 5.75 Å². The van der Waals surface area contributed by atoms with E-state index in [-0.39, 0.29) is 48.2 Å². The third-order valence-electron chi connectivity index (χ3n) is 5.73. The smallest absolute Gasteiger partial charge is 0.204 e. The molecule has 36 heavy (non-hydrogen) atoms. The quantitative estimate of drug-likeness (QED) is 0.368. The van der Waals surface area contributed by atoms with Gasteiger partial charge >= 0.3 is 0 Å². The van der Waals surface area contributed by atoms with Gasteiger partial charge in [0.15, 0.2) is 0 Å². The Hall–Kier alpha value is -1.56. The molecule has 0 atom stereocenters. The number of hydrogen-bond acceptors (Lipinski definition) is 6. The molecule has 0 radical (unpaired) electrons.